The van der Waals surface area contributed by atoms with E-state index >= 15 is 0 Å². The molecule has 0 amide bonds. The van der Waals surface area contributed by atoms with Gasteiger partial charge in [-0.25, -0.2) is 0 Å². The van der Waals surface area contributed by atoms with Gasteiger partial charge in [0, 0.05) is 33.7 Å². The minimum atomic E-state index is 1.16. The Kier molecular flexibility index (Phi) is 4.18. The van der Waals surface area contributed by atoms with Crippen molar-refractivity contribution in [3.63, 3.8) is 0 Å². The smallest absolute Gasteiger partial charge is 0.0541 e. The third-order valence-corrected chi connectivity index (χ3v) is 6.76. The van der Waals surface area contributed by atoms with Crippen LogP contribution in [0, 0.1) is 0 Å². The van der Waals surface area contributed by atoms with Gasteiger partial charge < -0.3 is 9.13 Å². The topological polar surface area (TPSA) is 9.86 Å². The Morgan fingerprint density at radius 3 is 1.74 bits per heavy atom. The quantitative estimate of drug-likeness (QED) is 0.264. The van der Waals surface area contributed by atoms with Crippen molar-refractivity contribution in [3.8, 4) is 22.5 Å². The Labute approximate surface area is 197 Å². The van der Waals surface area contributed by atoms with Crippen molar-refractivity contribution in [2.45, 2.75) is 0 Å². The van der Waals surface area contributed by atoms with Crippen LogP contribution in [-0.2, 0) is 0 Å². The largest absolute Gasteiger partial charge is 0.317 e. The molecular weight excluding hydrogens is 412 g/mol. The molecule has 7 rings (SSSR count). The molecule has 0 bridgehead atoms. The predicted molar refractivity (Wildman–Crippen MR) is 143 cm³/mol. The van der Waals surface area contributed by atoms with Crippen molar-refractivity contribution < 1.29 is 0 Å². The molecule has 2 aromatic heterocycles. The number of hydrogen-bond donors (Lipinski definition) is 0. The average molecular weight is 435 g/mol. The van der Waals surface area contributed by atoms with E-state index in [0.717, 1.165) is 5.69 Å². The van der Waals surface area contributed by atoms with Crippen molar-refractivity contribution in [1.82, 2.24) is 9.13 Å². The standard InChI is InChI=1S/C32H22N2/c1-2-8-23(9-3-1)24-14-19-30-25(22-24)20-21-33(30)26-15-17-27(18-16-26)34-31-12-6-4-10-28(31)29-11-5-7-13-32(29)34/h1-22H. The molecule has 0 saturated carbocycles. The lowest BCUT2D eigenvalue weighted by Crippen LogP contribution is -1.96. The maximum atomic E-state index is 2.36. The van der Waals surface area contributed by atoms with Crippen LogP contribution >= 0.6 is 0 Å². The molecular formula is C32H22N2. The minimum absolute atomic E-state index is 1.16. The second kappa shape index (κ2) is 7.50. The van der Waals surface area contributed by atoms with Gasteiger partial charge in [0.25, 0.3) is 0 Å². The highest BCUT2D eigenvalue weighted by atomic mass is 15.0. The molecule has 2 nitrogen and oxygen atoms in total. The fraction of sp³-hybridized carbons (Fsp3) is 0. The first-order valence-corrected chi connectivity index (χ1v) is 11.6. The van der Waals surface area contributed by atoms with Crippen LogP contribution in [0.25, 0.3) is 55.2 Å². The van der Waals surface area contributed by atoms with Crippen LogP contribution in [-0.4, -0.2) is 9.13 Å². The fourth-order valence-electron chi connectivity index (χ4n) is 5.14. The summed E-state index contributed by atoms with van der Waals surface area (Å²) in [5.41, 5.74) is 8.49. The summed E-state index contributed by atoms with van der Waals surface area (Å²) in [6, 6.07) is 45.6. The van der Waals surface area contributed by atoms with Gasteiger partial charge in [-0.2, -0.15) is 0 Å². The number of hydrogen-bond acceptors (Lipinski definition) is 0. The molecule has 0 unspecified atom stereocenters. The van der Waals surface area contributed by atoms with E-state index in [0.29, 0.717) is 0 Å². The van der Waals surface area contributed by atoms with Gasteiger partial charge in [0.05, 0.1) is 16.6 Å². The van der Waals surface area contributed by atoms with E-state index in [2.05, 4.69) is 143 Å². The third kappa shape index (κ3) is 2.89. The zero-order valence-electron chi connectivity index (χ0n) is 18.6. The van der Waals surface area contributed by atoms with E-state index in [1.807, 2.05) is 0 Å². The molecule has 0 spiro atoms. The highest BCUT2D eigenvalue weighted by Gasteiger charge is 2.12. The molecule has 0 N–H and O–H groups in total. The van der Waals surface area contributed by atoms with Crippen LogP contribution in [0.3, 0.4) is 0 Å². The minimum Gasteiger partial charge on any atom is -0.317 e. The van der Waals surface area contributed by atoms with Crippen molar-refractivity contribution >= 4 is 32.7 Å². The predicted octanol–water partition coefficient (Wildman–Crippen LogP) is 8.39. The Morgan fingerprint density at radius 1 is 0.412 bits per heavy atom. The SMILES string of the molecule is c1ccc(-c2ccc3c(ccn3-c3ccc(-n4c5ccccc5c5ccccc54)cc3)c2)cc1. The second-order valence-corrected chi connectivity index (χ2v) is 8.71. The Balaban J connectivity index is 1.32. The average Bonchev–Trinajstić information content (AvgIpc) is 3.48. The molecule has 5 aromatic carbocycles. The van der Waals surface area contributed by atoms with E-state index < -0.39 is 0 Å². The molecule has 0 aliphatic heterocycles. The molecule has 2 heteroatoms. The summed E-state index contributed by atoms with van der Waals surface area (Å²) in [5.74, 6) is 0. The summed E-state index contributed by atoms with van der Waals surface area (Å²) in [4.78, 5) is 0. The molecule has 0 aliphatic rings. The maximum absolute atomic E-state index is 2.36. The molecule has 0 radical (unpaired) electrons. The summed E-state index contributed by atoms with van der Waals surface area (Å²) < 4.78 is 4.62. The third-order valence-electron chi connectivity index (χ3n) is 6.76. The molecule has 160 valence electrons. The first-order valence-electron chi connectivity index (χ1n) is 11.6. The highest BCUT2D eigenvalue weighted by molar-refractivity contribution is 6.09. The highest BCUT2D eigenvalue weighted by Crippen LogP contribution is 2.32. The van der Waals surface area contributed by atoms with Crippen LogP contribution in [0.2, 0.25) is 0 Å². The molecule has 0 atom stereocenters. The van der Waals surface area contributed by atoms with Crippen LogP contribution < -0.4 is 0 Å². The number of aromatic nitrogens is 2. The lowest BCUT2D eigenvalue weighted by molar-refractivity contribution is 1.11. The van der Waals surface area contributed by atoms with Gasteiger partial charge in [-0.3, -0.25) is 0 Å². The van der Waals surface area contributed by atoms with E-state index in [9.17, 15) is 0 Å². The first-order chi connectivity index (χ1) is 16.9. The van der Waals surface area contributed by atoms with E-state index in [1.165, 1.54) is 49.5 Å². The van der Waals surface area contributed by atoms with Gasteiger partial charge in [0.1, 0.15) is 0 Å². The normalized spacial score (nSPS) is 11.5. The Hall–Kier alpha value is -4.56. The van der Waals surface area contributed by atoms with E-state index in [4.69, 9.17) is 0 Å². The first kappa shape index (κ1) is 19.0. The number of rotatable bonds is 3. The number of nitrogens with zero attached hydrogens (tertiary/aromatic N) is 2. The summed E-state index contributed by atoms with van der Waals surface area (Å²) in [6.07, 6.45) is 2.16. The van der Waals surface area contributed by atoms with Crippen molar-refractivity contribution in [2.24, 2.45) is 0 Å². The molecule has 0 aliphatic carbocycles. The Morgan fingerprint density at radius 2 is 1.03 bits per heavy atom. The van der Waals surface area contributed by atoms with Crippen LogP contribution in [0.4, 0.5) is 0 Å². The van der Waals surface area contributed by atoms with Crippen molar-refractivity contribution in [2.75, 3.05) is 0 Å². The van der Waals surface area contributed by atoms with Gasteiger partial charge in [-0.05, 0) is 65.7 Å². The molecule has 0 fully saturated rings. The van der Waals surface area contributed by atoms with Gasteiger partial charge in [-0.15, -0.1) is 0 Å². The molecule has 2 heterocycles. The van der Waals surface area contributed by atoms with Crippen molar-refractivity contribution in [1.29, 1.82) is 0 Å². The lowest BCUT2D eigenvalue weighted by Gasteiger charge is -2.11. The van der Waals surface area contributed by atoms with Crippen LogP contribution in [0.15, 0.2) is 134 Å². The zero-order valence-corrected chi connectivity index (χ0v) is 18.6. The Bertz CT molecular complexity index is 1730. The summed E-state index contributed by atoms with van der Waals surface area (Å²) in [5, 5.41) is 3.81. The molecule has 7 aromatic rings. The lowest BCUT2D eigenvalue weighted by atomic mass is 10.0. The second-order valence-electron chi connectivity index (χ2n) is 8.71. The molecule has 0 saturated heterocycles. The van der Waals surface area contributed by atoms with Gasteiger partial charge in [0.2, 0.25) is 0 Å². The summed E-state index contributed by atoms with van der Waals surface area (Å²) in [6.45, 7) is 0. The van der Waals surface area contributed by atoms with E-state index in [1.54, 1.807) is 0 Å². The fourth-order valence-corrected chi connectivity index (χ4v) is 5.14. The monoisotopic (exact) mass is 434 g/mol. The summed E-state index contributed by atoms with van der Waals surface area (Å²) >= 11 is 0. The van der Waals surface area contributed by atoms with Crippen molar-refractivity contribution in [3.05, 3.63) is 134 Å². The molecule has 34 heavy (non-hydrogen) atoms. The zero-order chi connectivity index (χ0) is 22.5. The van der Waals surface area contributed by atoms with E-state index in [-0.39, 0.29) is 0 Å². The number of para-hydroxylation sites is 2. The van der Waals surface area contributed by atoms with Gasteiger partial charge >= 0.3 is 0 Å². The maximum Gasteiger partial charge on any atom is 0.0541 e. The number of benzene rings is 5. The van der Waals surface area contributed by atoms with Gasteiger partial charge in [-0.1, -0.05) is 72.8 Å². The number of fused-ring (bicyclic) bond motifs is 4. The van der Waals surface area contributed by atoms with Crippen LogP contribution in [0.1, 0.15) is 0 Å². The van der Waals surface area contributed by atoms with Crippen LogP contribution in [0.5, 0.6) is 0 Å². The van der Waals surface area contributed by atoms with Gasteiger partial charge in [0.15, 0.2) is 0 Å². The summed E-state index contributed by atoms with van der Waals surface area (Å²) in [7, 11) is 0.